The first-order valence-electron chi connectivity index (χ1n) is 6.70. The fourth-order valence-corrected chi connectivity index (χ4v) is 2.67. The van der Waals surface area contributed by atoms with Gasteiger partial charge in [-0.3, -0.25) is 4.79 Å². The SMILES string of the molecule is CN(CC1CCC1)C(=O)CC1CCCNC1. The lowest BCUT2D eigenvalue weighted by atomic mass is 9.85. The molecule has 1 aliphatic heterocycles. The monoisotopic (exact) mass is 224 g/mol. The van der Waals surface area contributed by atoms with Gasteiger partial charge in [0.15, 0.2) is 0 Å². The molecule has 92 valence electrons. The predicted molar refractivity (Wildman–Crippen MR) is 65.2 cm³/mol. The fourth-order valence-electron chi connectivity index (χ4n) is 2.67. The van der Waals surface area contributed by atoms with Gasteiger partial charge in [-0.2, -0.15) is 0 Å². The Morgan fingerprint density at radius 2 is 2.00 bits per heavy atom. The van der Waals surface area contributed by atoms with Gasteiger partial charge in [-0.15, -0.1) is 0 Å². The number of nitrogens with one attached hydrogen (secondary N) is 1. The maximum absolute atomic E-state index is 12.0. The van der Waals surface area contributed by atoms with Crippen LogP contribution in [-0.2, 0) is 4.79 Å². The molecule has 0 bridgehead atoms. The molecule has 0 aromatic rings. The third-order valence-corrected chi connectivity index (χ3v) is 4.04. The van der Waals surface area contributed by atoms with E-state index in [1.165, 1.54) is 32.1 Å². The molecular formula is C13H24N2O. The van der Waals surface area contributed by atoms with Crippen LogP contribution in [0.3, 0.4) is 0 Å². The smallest absolute Gasteiger partial charge is 0.222 e. The Kier molecular flexibility index (Phi) is 4.22. The van der Waals surface area contributed by atoms with Crippen molar-refractivity contribution in [3.63, 3.8) is 0 Å². The summed E-state index contributed by atoms with van der Waals surface area (Å²) in [5.74, 6) is 1.71. The van der Waals surface area contributed by atoms with Gasteiger partial charge in [0.1, 0.15) is 0 Å². The second kappa shape index (κ2) is 5.67. The van der Waals surface area contributed by atoms with Crippen LogP contribution in [0.4, 0.5) is 0 Å². The fraction of sp³-hybridized carbons (Fsp3) is 0.923. The van der Waals surface area contributed by atoms with Crippen LogP contribution in [0.2, 0.25) is 0 Å². The first-order valence-corrected chi connectivity index (χ1v) is 6.70. The van der Waals surface area contributed by atoms with Crippen LogP contribution in [0.1, 0.15) is 38.5 Å². The molecule has 1 unspecified atom stereocenters. The average molecular weight is 224 g/mol. The van der Waals surface area contributed by atoms with Gasteiger partial charge in [0.25, 0.3) is 0 Å². The van der Waals surface area contributed by atoms with Crippen molar-refractivity contribution < 1.29 is 4.79 Å². The molecule has 1 saturated carbocycles. The second-order valence-corrected chi connectivity index (χ2v) is 5.49. The van der Waals surface area contributed by atoms with Crippen molar-refractivity contribution in [2.45, 2.75) is 38.5 Å². The first-order chi connectivity index (χ1) is 7.75. The van der Waals surface area contributed by atoms with E-state index in [1.54, 1.807) is 0 Å². The summed E-state index contributed by atoms with van der Waals surface area (Å²) in [5.41, 5.74) is 0. The number of carbonyl (C=O) groups excluding carboxylic acids is 1. The molecule has 1 atom stereocenters. The lowest BCUT2D eigenvalue weighted by Gasteiger charge is -2.31. The topological polar surface area (TPSA) is 32.3 Å². The lowest BCUT2D eigenvalue weighted by Crippen LogP contribution is -2.38. The van der Waals surface area contributed by atoms with Crippen LogP contribution in [0, 0.1) is 11.8 Å². The summed E-state index contributed by atoms with van der Waals surface area (Å²) in [4.78, 5) is 13.9. The number of nitrogens with zero attached hydrogens (tertiary/aromatic N) is 1. The molecule has 1 saturated heterocycles. The lowest BCUT2D eigenvalue weighted by molar-refractivity contribution is -0.132. The summed E-state index contributed by atoms with van der Waals surface area (Å²) in [6, 6.07) is 0. The average Bonchev–Trinajstić information content (AvgIpc) is 2.24. The van der Waals surface area contributed by atoms with E-state index in [4.69, 9.17) is 0 Å². The summed E-state index contributed by atoms with van der Waals surface area (Å²) in [6.07, 6.45) is 7.20. The molecule has 1 amide bonds. The van der Waals surface area contributed by atoms with Gasteiger partial charge in [-0.1, -0.05) is 6.42 Å². The summed E-state index contributed by atoms with van der Waals surface area (Å²) in [7, 11) is 1.97. The Bertz CT molecular complexity index is 232. The van der Waals surface area contributed by atoms with E-state index in [0.29, 0.717) is 11.8 Å². The van der Waals surface area contributed by atoms with Crippen molar-refractivity contribution in [1.29, 1.82) is 0 Å². The molecule has 1 aliphatic carbocycles. The van der Waals surface area contributed by atoms with Crippen molar-refractivity contribution in [1.82, 2.24) is 10.2 Å². The highest BCUT2D eigenvalue weighted by atomic mass is 16.2. The van der Waals surface area contributed by atoms with Gasteiger partial charge in [0.2, 0.25) is 5.91 Å². The molecule has 0 aromatic heterocycles. The molecule has 2 fully saturated rings. The van der Waals surface area contributed by atoms with E-state index in [1.807, 2.05) is 11.9 Å². The Morgan fingerprint density at radius 3 is 2.56 bits per heavy atom. The van der Waals surface area contributed by atoms with E-state index in [0.717, 1.165) is 32.0 Å². The van der Waals surface area contributed by atoms with Gasteiger partial charge < -0.3 is 10.2 Å². The molecule has 16 heavy (non-hydrogen) atoms. The van der Waals surface area contributed by atoms with Gasteiger partial charge in [-0.25, -0.2) is 0 Å². The molecule has 3 nitrogen and oxygen atoms in total. The molecular weight excluding hydrogens is 200 g/mol. The molecule has 2 aliphatic rings. The Balaban J connectivity index is 1.68. The van der Waals surface area contributed by atoms with E-state index in [2.05, 4.69) is 5.32 Å². The van der Waals surface area contributed by atoms with Gasteiger partial charge in [-0.05, 0) is 50.6 Å². The van der Waals surface area contributed by atoms with Gasteiger partial charge in [0.05, 0.1) is 0 Å². The van der Waals surface area contributed by atoms with Crippen molar-refractivity contribution in [2.24, 2.45) is 11.8 Å². The standard InChI is InChI=1S/C13H24N2O/c1-15(10-11-4-2-5-11)13(16)8-12-6-3-7-14-9-12/h11-12,14H,2-10H2,1H3. The van der Waals surface area contributed by atoms with Crippen molar-refractivity contribution in [3.05, 3.63) is 0 Å². The van der Waals surface area contributed by atoms with Crippen LogP contribution in [0.5, 0.6) is 0 Å². The highest BCUT2D eigenvalue weighted by Gasteiger charge is 2.23. The second-order valence-electron chi connectivity index (χ2n) is 5.49. The van der Waals surface area contributed by atoms with Crippen molar-refractivity contribution in [3.8, 4) is 0 Å². The molecule has 0 radical (unpaired) electrons. The van der Waals surface area contributed by atoms with Crippen molar-refractivity contribution >= 4 is 5.91 Å². The minimum Gasteiger partial charge on any atom is -0.345 e. The number of amides is 1. The zero-order chi connectivity index (χ0) is 11.4. The number of carbonyl (C=O) groups is 1. The van der Waals surface area contributed by atoms with Gasteiger partial charge in [0, 0.05) is 20.0 Å². The Morgan fingerprint density at radius 1 is 1.25 bits per heavy atom. The first kappa shape index (κ1) is 11.9. The highest BCUT2D eigenvalue weighted by Crippen LogP contribution is 2.27. The van der Waals surface area contributed by atoms with E-state index < -0.39 is 0 Å². The number of rotatable bonds is 4. The number of hydrogen-bond donors (Lipinski definition) is 1. The summed E-state index contributed by atoms with van der Waals surface area (Å²) in [6.45, 7) is 3.14. The third-order valence-electron chi connectivity index (χ3n) is 4.04. The van der Waals surface area contributed by atoms with Crippen LogP contribution >= 0.6 is 0 Å². The summed E-state index contributed by atoms with van der Waals surface area (Å²) < 4.78 is 0. The van der Waals surface area contributed by atoms with Gasteiger partial charge >= 0.3 is 0 Å². The Hall–Kier alpha value is -0.570. The minimum atomic E-state index is 0.348. The van der Waals surface area contributed by atoms with Crippen molar-refractivity contribution in [2.75, 3.05) is 26.7 Å². The molecule has 0 aromatic carbocycles. The third kappa shape index (κ3) is 3.21. The summed E-state index contributed by atoms with van der Waals surface area (Å²) in [5, 5.41) is 3.37. The zero-order valence-corrected chi connectivity index (χ0v) is 10.4. The zero-order valence-electron chi connectivity index (χ0n) is 10.4. The van der Waals surface area contributed by atoms with Crippen LogP contribution in [-0.4, -0.2) is 37.5 Å². The largest absolute Gasteiger partial charge is 0.345 e. The van der Waals surface area contributed by atoms with E-state index in [-0.39, 0.29) is 0 Å². The Labute approximate surface area is 98.6 Å². The van der Waals surface area contributed by atoms with E-state index >= 15 is 0 Å². The molecule has 1 heterocycles. The summed E-state index contributed by atoms with van der Waals surface area (Å²) >= 11 is 0. The molecule has 2 rings (SSSR count). The maximum atomic E-state index is 12.0. The molecule has 0 spiro atoms. The molecule has 3 heteroatoms. The van der Waals surface area contributed by atoms with Crippen LogP contribution in [0.15, 0.2) is 0 Å². The van der Waals surface area contributed by atoms with Crippen LogP contribution < -0.4 is 5.32 Å². The highest BCUT2D eigenvalue weighted by molar-refractivity contribution is 5.76. The maximum Gasteiger partial charge on any atom is 0.222 e. The normalized spacial score (nSPS) is 26.2. The number of hydrogen-bond acceptors (Lipinski definition) is 2. The quantitative estimate of drug-likeness (QED) is 0.787. The minimum absolute atomic E-state index is 0.348. The van der Waals surface area contributed by atoms with Crippen LogP contribution in [0.25, 0.3) is 0 Å². The molecule has 1 N–H and O–H groups in total. The van der Waals surface area contributed by atoms with E-state index in [9.17, 15) is 4.79 Å². The number of piperidine rings is 1. The predicted octanol–water partition coefficient (Wildman–Crippen LogP) is 1.63.